The molecule has 1 aliphatic rings. The van der Waals surface area contributed by atoms with Crippen LogP contribution in [0.25, 0.3) is 5.69 Å². The van der Waals surface area contributed by atoms with Crippen LogP contribution in [0.5, 0.6) is 0 Å². The van der Waals surface area contributed by atoms with Crippen LogP contribution in [0.15, 0.2) is 61.2 Å². The summed E-state index contributed by atoms with van der Waals surface area (Å²) in [6.45, 7) is 4.17. The van der Waals surface area contributed by atoms with E-state index in [0.29, 0.717) is 6.54 Å². The molecule has 1 aliphatic heterocycles. The van der Waals surface area contributed by atoms with E-state index in [1.807, 2.05) is 49.4 Å². The lowest BCUT2D eigenvalue weighted by atomic mass is 9.90. The number of carbonyl (C=O) groups excluding carboxylic acids is 2. The second kappa shape index (κ2) is 8.49. The Bertz CT molecular complexity index is 1030. The van der Waals surface area contributed by atoms with E-state index < -0.39 is 0 Å². The van der Waals surface area contributed by atoms with Gasteiger partial charge in [-0.3, -0.25) is 9.59 Å². The van der Waals surface area contributed by atoms with E-state index in [0.717, 1.165) is 23.2 Å². The molecule has 1 aromatic heterocycles. The predicted molar refractivity (Wildman–Crippen MR) is 113 cm³/mol. The second-order valence-corrected chi connectivity index (χ2v) is 7.60. The molecule has 7 heteroatoms. The molecule has 0 radical (unpaired) electrons. The Kier molecular flexibility index (Phi) is 5.61. The summed E-state index contributed by atoms with van der Waals surface area (Å²) in [5.74, 6) is -0.0742. The first-order valence-electron chi connectivity index (χ1n) is 10.1. The van der Waals surface area contributed by atoms with Gasteiger partial charge in [-0.05, 0) is 42.2 Å². The van der Waals surface area contributed by atoms with Gasteiger partial charge in [0.2, 0.25) is 11.8 Å². The summed E-state index contributed by atoms with van der Waals surface area (Å²) in [6.07, 6.45) is 4.20. The number of nitrogens with one attached hydrogen (secondary N) is 1. The molecule has 3 aromatic rings. The summed E-state index contributed by atoms with van der Waals surface area (Å²) in [5, 5.41) is 7.19. The maximum atomic E-state index is 12.9. The minimum atomic E-state index is -0.227. The number of fused-ring (bicyclic) bond motifs is 1. The molecule has 0 aliphatic carbocycles. The Labute approximate surface area is 175 Å². The van der Waals surface area contributed by atoms with Gasteiger partial charge in [-0.15, -0.1) is 0 Å². The second-order valence-electron chi connectivity index (χ2n) is 7.60. The number of hydrogen-bond acceptors (Lipinski definition) is 4. The monoisotopic (exact) mass is 403 g/mol. The van der Waals surface area contributed by atoms with Crippen molar-refractivity contribution < 1.29 is 9.59 Å². The molecule has 4 rings (SSSR count). The number of hydrogen-bond donors (Lipinski definition) is 1. The zero-order chi connectivity index (χ0) is 21.1. The third-order valence-electron chi connectivity index (χ3n) is 5.65. The largest absolute Gasteiger partial charge is 0.350 e. The summed E-state index contributed by atoms with van der Waals surface area (Å²) >= 11 is 0. The Balaban J connectivity index is 1.45. The first kappa shape index (κ1) is 19.8. The van der Waals surface area contributed by atoms with Crippen LogP contribution in [0.4, 0.5) is 0 Å². The maximum Gasteiger partial charge on any atom is 0.222 e. The van der Waals surface area contributed by atoms with Crippen molar-refractivity contribution in [2.45, 2.75) is 38.8 Å². The molecule has 0 saturated heterocycles. The summed E-state index contributed by atoms with van der Waals surface area (Å²) in [5.41, 5.74) is 4.19. The molecule has 2 unspecified atom stereocenters. The number of aromatic nitrogens is 3. The van der Waals surface area contributed by atoms with E-state index in [1.165, 1.54) is 11.9 Å². The summed E-state index contributed by atoms with van der Waals surface area (Å²) in [7, 11) is 0. The van der Waals surface area contributed by atoms with Crippen molar-refractivity contribution in [3.63, 3.8) is 0 Å². The molecule has 0 fully saturated rings. The van der Waals surface area contributed by atoms with Gasteiger partial charge in [0, 0.05) is 13.5 Å². The van der Waals surface area contributed by atoms with Crippen LogP contribution in [-0.4, -0.2) is 38.0 Å². The molecule has 30 heavy (non-hydrogen) atoms. The van der Waals surface area contributed by atoms with E-state index in [1.54, 1.807) is 22.8 Å². The van der Waals surface area contributed by atoms with E-state index in [2.05, 4.69) is 21.5 Å². The van der Waals surface area contributed by atoms with Crippen LogP contribution in [0, 0.1) is 0 Å². The van der Waals surface area contributed by atoms with E-state index >= 15 is 0 Å². The Morgan fingerprint density at radius 2 is 1.93 bits per heavy atom. The lowest BCUT2D eigenvalue weighted by Gasteiger charge is -2.36. The topological polar surface area (TPSA) is 80.1 Å². The standard InChI is InChI=1S/C23H25N5O2/c1-16(18-7-9-20(10-8-18)28-15-24-14-25-28)26-23(30)13-22-21-6-4-3-5-19(21)11-12-27(22)17(2)29/h3-10,14-16,22H,11-13H2,1-2H3,(H,26,30). The third-order valence-corrected chi connectivity index (χ3v) is 5.65. The number of amides is 2. The van der Waals surface area contributed by atoms with Crippen LogP contribution in [0.2, 0.25) is 0 Å². The van der Waals surface area contributed by atoms with Crippen molar-refractivity contribution in [2.75, 3.05) is 6.54 Å². The normalized spacial score (nSPS) is 16.6. The number of benzene rings is 2. The molecule has 154 valence electrons. The average molecular weight is 403 g/mol. The minimum absolute atomic E-state index is 0.000878. The highest BCUT2D eigenvalue weighted by Crippen LogP contribution is 2.32. The highest BCUT2D eigenvalue weighted by Gasteiger charge is 2.30. The van der Waals surface area contributed by atoms with Crippen LogP contribution >= 0.6 is 0 Å². The van der Waals surface area contributed by atoms with Gasteiger partial charge < -0.3 is 10.2 Å². The molecular weight excluding hydrogens is 378 g/mol. The van der Waals surface area contributed by atoms with Gasteiger partial charge in [-0.25, -0.2) is 9.67 Å². The Morgan fingerprint density at radius 3 is 2.63 bits per heavy atom. The molecule has 2 atom stereocenters. The van der Waals surface area contributed by atoms with Crippen molar-refractivity contribution in [3.8, 4) is 5.69 Å². The zero-order valence-corrected chi connectivity index (χ0v) is 17.2. The van der Waals surface area contributed by atoms with Crippen molar-refractivity contribution in [1.29, 1.82) is 0 Å². The van der Waals surface area contributed by atoms with Gasteiger partial charge in [0.15, 0.2) is 0 Å². The fourth-order valence-corrected chi connectivity index (χ4v) is 4.07. The van der Waals surface area contributed by atoms with Gasteiger partial charge in [0.1, 0.15) is 12.7 Å². The van der Waals surface area contributed by atoms with E-state index in [4.69, 9.17) is 0 Å². The Morgan fingerprint density at radius 1 is 1.17 bits per heavy atom. The molecule has 0 saturated carbocycles. The number of rotatable bonds is 5. The highest BCUT2D eigenvalue weighted by atomic mass is 16.2. The molecule has 2 amide bonds. The first-order chi connectivity index (χ1) is 14.5. The van der Waals surface area contributed by atoms with Gasteiger partial charge in [0.25, 0.3) is 0 Å². The smallest absolute Gasteiger partial charge is 0.222 e. The van der Waals surface area contributed by atoms with Crippen LogP contribution in [-0.2, 0) is 16.0 Å². The van der Waals surface area contributed by atoms with E-state index in [-0.39, 0.29) is 30.3 Å². The molecule has 2 aromatic carbocycles. The first-order valence-corrected chi connectivity index (χ1v) is 10.1. The van der Waals surface area contributed by atoms with Gasteiger partial charge in [0.05, 0.1) is 24.2 Å². The predicted octanol–water partition coefficient (Wildman–Crippen LogP) is 2.98. The summed E-state index contributed by atoms with van der Waals surface area (Å²) in [6, 6.07) is 15.5. The number of nitrogens with zero attached hydrogens (tertiary/aromatic N) is 4. The molecule has 0 spiro atoms. The molecular formula is C23H25N5O2. The third kappa shape index (κ3) is 4.10. The van der Waals surface area contributed by atoms with Crippen LogP contribution in [0.1, 0.15) is 49.0 Å². The zero-order valence-electron chi connectivity index (χ0n) is 17.2. The lowest BCUT2D eigenvalue weighted by molar-refractivity contribution is -0.133. The van der Waals surface area contributed by atoms with Crippen molar-refractivity contribution in [1.82, 2.24) is 25.0 Å². The van der Waals surface area contributed by atoms with Gasteiger partial charge in [-0.1, -0.05) is 36.4 Å². The molecule has 7 nitrogen and oxygen atoms in total. The molecule has 2 heterocycles. The Hall–Kier alpha value is -3.48. The summed E-state index contributed by atoms with van der Waals surface area (Å²) < 4.78 is 1.68. The lowest BCUT2D eigenvalue weighted by Crippen LogP contribution is -2.41. The summed E-state index contributed by atoms with van der Waals surface area (Å²) in [4.78, 5) is 30.8. The highest BCUT2D eigenvalue weighted by molar-refractivity contribution is 5.80. The maximum absolute atomic E-state index is 12.9. The van der Waals surface area contributed by atoms with Crippen LogP contribution in [0.3, 0.4) is 0 Å². The van der Waals surface area contributed by atoms with Crippen molar-refractivity contribution in [3.05, 3.63) is 77.9 Å². The molecule has 0 bridgehead atoms. The van der Waals surface area contributed by atoms with E-state index in [9.17, 15) is 9.59 Å². The average Bonchev–Trinajstić information content (AvgIpc) is 3.28. The van der Waals surface area contributed by atoms with Crippen molar-refractivity contribution >= 4 is 11.8 Å². The number of carbonyl (C=O) groups is 2. The van der Waals surface area contributed by atoms with Gasteiger partial charge >= 0.3 is 0 Å². The van der Waals surface area contributed by atoms with Crippen molar-refractivity contribution in [2.24, 2.45) is 0 Å². The van der Waals surface area contributed by atoms with Crippen LogP contribution < -0.4 is 5.32 Å². The fourth-order valence-electron chi connectivity index (χ4n) is 4.07. The fraction of sp³-hybridized carbons (Fsp3) is 0.304. The van der Waals surface area contributed by atoms with Gasteiger partial charge in [-0.2, -0.15) is 5.10 Å². The SMILES string of the molecule is CC(=O)N1CCc2ccccc2C1CC(=O)NC(C)c1ccc(-n2cncn2)cc1. The molecule has 1 N–H and O–H groups in total. The quantitative estimate of drug-likeness (QED) is 0.710. The minimum Gasteiger partial charge on any atom is -0.350 e.